The molecule has 1 aromatic heterocycles. The molecule has 0 unspecified atom stereocenters. The van der Waals surface area contributed by atoms with Crippen LogP contribution in [0.3, 0.4) is 0 Å². The molecule has 3 rings (SSSR count). The zero-order valence-corrected chi connectivity index (χ0v) is 9.30. The van der Waals surface area contributed by atoms with E-state index in [-0.39, 0.29) is 5.91 Å². The molecule has 0 N–H and O–H groups in total. The Labute approximate surface area is 95.5 Å². The quantitative estimate of drug-likeness (QED) is 0.721. The molecule has 0 radical (unpaired) electrons. The lowest BCUT2D eigenvalue weighted by molar-refractivity contribution is 0.0589. The summed E-state index contributed by atoms with van der Waals surface area (Å²) in [5.74, 6) is 0.132. The fraction of sp³-hybridized carbons (Fsp3) is 0.538. The number of nitrogens with zero attached hydrogens (tertiary/aromatic N) is 2. The molecule has 2 aliphatic heterocycles. The van der Waals surface area contributed by atoms with Crippen LogP contribution in [0.4, 0.5) is 0 Å². The van der Waals surface area contributed by atoms with Crippen molar-refractivity contribution in [3.63, 3.8) is 0 Å². The number of carbonyl (C=O) groups excluding carboxylic acids is 1. The molecule has 3 heteroatoms. The van der Waals surface area contributed by atoms with Crippen molar-refractivity contribution in [1.82, 2.24) is 9.88 Å². The highest BCUT2D eigenvalue weighted by Crippen LogP contribution is 2.36. The van der Waals surface area contributed by atoms with Gasteiger partial charge in [-0.25, -0.2) is 0 Å². The average Bonchev–Trinajstić information content (AvgIpc) is 2.59. The predicted octanol–water partition coefficient (Wildman–Crippen LogP) is 2.24. The van der Waals surface area contributed by atoms with Crippen LogP contribution in [-0.2, 0) is 0 Å². The van der Waals surface area contributed by atoms with Gasteiger partial charge in [-0.1, -0.05) is 6.07 Å². The van der Waals surface area contributed by atoms with Gasteiger partial charge < -0.3 is 4.90 Å². The van der Waals surface area contributed by atoms with E-state index in [1.165, 1.54) is 32.1 Å². The van der Waals surface area contributed by atoms with Crippen molar-refractivity contribution in [3.05, 3.63) is 30.1 Å². The van der Waals surface area contributed by atoms with E-state index in [9.17, 15) is 4.79 Å². The van der Waals surface area contributed by atoms with Crippen LogP contribution in [0.1, 0.15) is 42.6 Å². The molecule has 3 nitrogen and oxygen atoms in total. The topological polar surface area (TPSA) is 33.2 Å². The van der Waals surface area contributed by atoms with Gasteiger partial charge in [-0.05, 0) is 44.2 Å². The molecule has 1 aromatic rings. The summed E-state index contributed by atoms with van der Waals surface area (Å²) >= 11 is 0. The van der Waals surface area contributed by atoms with Crippen LogP contribution in [0.15, 0.2) is 24.4 Å². The van der Waals surface area contributed by atoms with Gasteiger partial charge >= 0.3 is 0 Å². The van der Waals surface area contributed by atoms with E-state index in [0.29, 0.717) is 17.8 Å². The SMILES string of the molecule is O=C(c1ccccn1)N1[C@@H]2CCC[C@H]1CC2. The Morgan fingerprint density at radius 3 is 2.56 bits per heavy atom. The molecule has 1 amide bonds. The molecule has 2 atom stereocenters. The lowest BCUT2D eigenvalue weighted by Gasteiger charge is -2.34. The van der Waals surface area contributed by atoms with Gasteiger partial charge in [0.05, 0.1) is 0 Å². The van der Waals surface area contributed by atoms with Crippen molar-refractivity contribution in [1.29, 1.82) is 0 Å². The summed E-state index contributed by atoms with van der Waals surface area (Å²) < 4.78 is 0. The highest BCUT2D eigenvalue weighted by molar-refractivity contribution is 5.93. The summed E-state index contributed by atoms with van der Waals surface area (Å²) in [5.41, 5.74) is 0.598. The first-order valence-electron chi connectivity index (χ1n) is 6.10. The van der Waals surface area contributed by atoms with Gasteiger partial charge in [0.15, 0.2) is 0 Å². The molecule has 84 valence electrons. The van der Waals surface area contributed by atoms with Crippen molar-refractivity contribution in [3.8, 4) is 0 Å². The summed E-state index contributed by atoms with van der Waals surface area (Å²) in [4.78, 5) is 18.6. The monoisotopic (exact) mass is 216 g/mol. The number of rotatable bonds is 1. The van der Waals surface area contributed by atoms with Crippen LogP contribution in [0.2, 0.25) is 0 Å². The van der Waals surface area contributed by atoms with Gasteiger partial charge in [-0.3, -0.25) is 9.78 Å². The molecule has 2 bridgehead atoms. The lowest BCUT2D eigenvalue weighted by Crippen LogP contribution is -2.44. The third kappa shape index (κ3) is 1.51. The number of amides is 1. The van der Waals surface area contributed by atoms with Gasteiger partial charge in [-0.15, -0.1) is 0 Å². The van der Waals surface area contributed by atoms with Gasteiger partial charge in [0.1, 0.15) is 5.69 Å². The zero-order valence-electron chi connectivity index (χ0n) is 9.30. The van der Waals surface area contributed by atoms with Crippen LogP contribution in [0.25, 0.3) is 0 Å². The smallest absolute Gasteiger partial charge is 0.272 e. The van der Waals surface area contributed by atoms with Gasteiger partial charge in [0, 0.05) is 18.3 Å². The standard InChI is InChI=1S/C13H16N2O/c16-13(12-6-1-2-9-14-12)15-10-4-3-5-11(15)8-7-10/h1-2,6,9-11H,3-5,7-8H2/t10-,11+. The Bertz CT molecular complexity index is 374. The summed E-state index contributed by atoms with van der Waals surface area (Å²) in [6, 6.07) is 6.51. The Balaban J connectivity index is 1.86. The first-order chi connectivity index (χ1) is 7.86. The predicted molar refractivity (Wildman–Crippen MR) is 61.1 cm³/mol. The third-order valence-corrected chi connectivity index (χ3v) is 3.81. The van der Waals surface area contributed by atoms with Crippen molar-refractivity contribution in [2.24, 2.45) is 0 Å². The highest BCUT2D eigenvalue weighted by atomic mass is 16.2. The Morgan fingerprint density at radius 1 is 1.19 bits per heavy atom. The molecule has 16 heavy (non-hydrogen) atoms. The number of carbonyl (C=O) groups is 1. The second kappa shape index (κ2) is 3.89. The van der Waals surface area contributed by atoms with E-state index in [0.717, 1.165) is 0 Å². The molecule has 3 heterocycles. The first-order valence-corrected chi connectivity index (χ1v) is 6.10. The molecule has 2 saturated heterocycles. The Hall–Kier alpha value is -1.38. The summed E-state index contributed by atoms with van der Waals surface area (Å²) in [5, 5.41) is 0. The summed E-state index contributed by atoms with van der Waals surface area (Å²) in [6.07, 6.45) is 7.69. The fourth-order valence-corrected chi connectivity index (χ4v) is 3.07. The number of hydrogen-bond acceptors (Lipinski definition) is 2. The largest absolute Gasteiger partial charge is 0.331 e. The Morgan fingerprint density at radius 2 is 1.94 bits per heavy atom. The van der Waals surface area contributed by atoms with Gasteiger partial charge in [-0.2, -0.15) is 0 Å². The minimum atomic E-state index is 0.132. The Kier molecular flexibility index (Phi) is 2.39. The zero-order chi connectivity index (χ0) is 11.0. The van der Waals surface area contributed by atoms with E-state index in [1.807, 2.05) is 18.2 Å². The van der Waals surface area contributed by atoms with E-state index in [2.05, 4.69) is 9.88 Å². The third-order valence-electron chi connectivity index (χ3n) is 3.81. The van der Waals surface area contributed by atoms with Crippen LogP contribution in [-0.4, -0.2) is 27.9 Å². The van der Waals surface area contributed by atoms with Gasteiger partial charge in [0.2, 0.25) is 0 Å². The number of aromatic nitrogens is 1. The molecule has 0 saturated carbocycles. The average molecular weight is 216 g/mol. The van der Waals surface area contributed by atoms with Crippen LogP contribution < -0.4 is 0 Å². The molecular weight excluding hydrogens is 200 g/mol. The fourth-order valence-electron chi connectivity index (χ4n) is 3.07. The van der Waals surface area contributed by atoms with Crippen LogP contribution >= 0.6 is 0 Å². The maximum atomic E-state index is 12.3. The maximum Gasteiger partial charge on any atom is 0.272 e. The highest BCUT2D eigenvalue weighted by Gasteiger charge is 2.39. The molecule has 0 aromatic carbocycles. The summed E-state index contributed by atoms with van der Waals surface area (Å²) in [6.45, 7) is 0. The number of hydrogen-bond donors (Lipinski definition) is 0. The summed E-state index contributed by atoms with van der Waals surface area (Å²) in [7, 11) is 0. The van der Waals surface area contributed by atoms with Crippen molar-refractivity contribution in [2.75, 3.05) is 0 Å². The normalized spacial score (nSPS) is 28.1. The first kappa shape index (κ1) is 9.82. The molecule has 0 aliphatic carbocycles. The second-order valence-corrected chi connectivity index (χ2v) is 4.74. The second-order valence-electron chi connectivity index (χ2n) is 4.74. The van der Waals surface area contributed by atoms with Crippen LogP contribution in [0.5, 0.6) is 0 Å². The van der Waals surface area contributed by atoms with Crippen molar-refractivity contribution < 1.29 is 4.79 Å². The van der Waals surface area contributed by atoms with Crippen molar-refractivity contribution >= 4 is 5.91 Å². The van der Waals surface area contributed by atoms with Gasteiger partial charge in [0.25, 0.3) is 5.91 Å². The van der Waals surface area contributed by atoms with E-state index >= 15 is 0 Å². The number of pyridine rings is 1. The minimum Gasteiger partial charge on any atom is -0.331 e. The van der Waals surface area contributed by atoms with E-state index < -0.39 is 0 Å². The minimum absolute atomic E-state index is 0.132. The molecule has 0 spiro atoms. The maximum absolute atomic E-state index is 12.3. The van der Waals surface area contributed by atoms with Crippen molar-refractivity contribution in [2.45, 2.75) is 44.2 Å². The molecule has 2 fully saturated rings. The molecular formula is C13H16N2O. The van der Waals surface area contributed by atoms with E-state index in [1.54, 1.807) is 6.20 Å². The van der Waals surface area contributed by atoms with E-state index in [4.69, 9.17) is 0 Å². The molecule has 2 aliphatic rings. The lowest BCUT2D eigenvalue weighted by atomic mass is 10.0. The number of fused-ring (bicyclic) bond motifs is 2. The van der Waals surface area contributed by atoms with Crippen LogP contribution in [0, 0.1) is 0 Å². The number of piperidine rings is 1.